The van der Waals surface area contributed by atoms with Crippen LogP contribution in [0.25, 0.3) is 17.2 Å². The number of furan rings is 1. The van der Waals surface area contributed by atoms with Crippen molar-refractivity contribution in [2.24, 2.45) is 0 Å². The molecule has 0 aliphatic carbocycles. The SMILES string of the molecule is Cc1cc(=O)[nH]c(-n2nc(-c3ccccc3)cc2NC(=O)c2cc(C)oc2C)n1. The average molecular weight is 389 g/mol. The van der Waals surface area contributed by atoms with Gasteiger partial charge in [-0.3, -0.25) is 14.6 Å². The van der Waals surface area contributed by atoms with Gasteiger partial charge in [-0.2, -0.15) is 9.78 Å². The average Bonchev–Trinajstić information content (AvgIpc) is 3.24. The summed E-state index contributed by atoms with van der Waals surface area (Å²) in [5.74, 6) is 1.43. The Morgan fingerprint density at radius 2 is 1.86 bits per heavy atom. The fraction of sp³-hybridized carbons (Fsp3) is 0.143. The van der Waals surface area contributed by atoms with E-state index in [0.29, 0.717) is 34.3 Å². The van der Waals surface area contributed by atoms with Gasteiger partial charge in [0.25, 0.3) is 11.5 Å². The van der Waals surface area contributed by atoms with Crippen molar-refractivity contribution in [3.8, 4) is 17.2 Å². The molecule has 0 aliphatic heterocycles. The number of carbonyl (C=O) groups is 1. The summed E-state index contributed by atoms with van der Waals surface area (Å²) in [6, 6.07) is 14.3. The number of hydrogen-bond acceptors (Lipinski definition) is 5. The molecule has 1 amide bonds. The van der Waals surface area contributed by atoms with Crippen LogP contribution in [0, 0.1) is 20.8 Å². The zero-order valence-corrected chi connectivity index (χ0v) is 16.2. The minimum Gasteiger partial charge on any atom is -0.466 e. The number of nitrogens with zero attached hydrogens (tertiary/aromatic N) is 3. The Balaban J connectivity index is 1.80. The fourth-order valence-corrected chi connectivity index (χ4v) is 3.09. The summed E-state index contributed by atoms with van der Waals surface area (Å²) in [5, 5.41) is 7.40. The Labute approximate surface area is 166 Å². The van der Waals surface area contributed by atoms with Crippen molar-refractivity contribution in [1.82, 2.24) is 19.7 Å². The second-order valence-corrected chi connectivity index (χ2v) is 6.68. The molecule has 2 N–H and O–H groups in total. The van der Waals surface area contributed by atoms with Crippen LogP contribution in [0.15, 0.2) is 57.7 Å². The lowest BCUT2D eigenvalue weighted by Gasteiger charge is -2.08. The Morgan fingerprint density at radius 3 is 2.52 bits per heavy atom. The first-order valence-electron chi connectivity index (χ1n) is 9.03. The van der Waals surface area contributed by atoms with Crippen LogP contribution < -0.4 is 10.9 Å². The highest BCUT2D eigenvalue weighted by molar-refractivity contribution is 6.05. The minimum absolute atomic E-state index is 0.215. The Bertz CT molecular complexity index is 1250. The molecule has 146 valence electrons. The van der Waals surface area contributed by atoms with E-state index in [4.69, 9.17) is 4.42 Å². The molecule has 29 heavy (non-hydrogen) atoms. The van der Waals surface area contributed by atoms with Gasteiger partial charge >= 0.3 is 0 Å². The number of H-pyrrole nitrogens is 1. The zero-order chi connectivity index (χ0) is 20.5. The number of carbonyl (C=O) groups excluding carboxylic acids is 1. The van der Waals surface area contributed by atoms with E-state index in [9.17, 15) is 9.59 Å². The summed E-state index contributed by atoms with van der Waals surface area (Å²) in [4.78, 5) is 31.7. The van der Waals surface area contributed by atoms with Crippen LogP contribution in [-0.4, -0.2) is 25.7 Å². The molecule has 4 rings (SSSR count). The molecule has 8 heteroatoms. The lowest BCUT2D eigenvalue weighted by Crippen LogP contribution is -2.19. The van der Waals surface area contributed by atoms with E-state index < -0.39 is 0 Å². The van der Waals surface area contributed by atoms with Gasteiger partial charge in [0.15, 0.2) is 0 Å². The lowest BCUT2D eigenvalue weighted by atomic mass is 10.1. The molecule has 0 spiro atoms. The predicted molar refractivity (Wildman–Crippen MR) is 108 cm³/mol. The molecule has 0 radical (unpaired) electrons. The lowest BCUT2D eigenvalue weighted by molar-refractivity contribution is 0.102. The summed E-state index contributed by atoms with van der Waals surface area (Å²) in [5.41, 5.74) is 2.17. The second kappa shape index (κ2) is 7.23. The number of aromatic nitrogens is 4. The molecule has 0 unspecified atom stereocenters. The number of anilines is 1. The fourth-order valence-electron chi connectivity index (χ4n) is 3.09. The molecule has 4 aromatic rings. The smallest absolute Gasteiger partial charge is 0.260 e. The number of amides is 1. The van der Waals surface area contributed by atoms with E-state index in [2.05, 4.69) is 20.4 Å². The van der Waals surface area contributed by atoms with Gasteiger partial charge in [0, 0.05) is 23.4 Å². The summed E-state index contributed by atoms with van der Waals surface area (Å²) in [6.07, 6.45) is 0. The number of aromatic amines is 1. The summed E-state index contributed by atoms with van der Waals surface area (Å²) < 4.78 is 6.86. The third-order valence-corrected chi connectivity index (χ3v) is 4.36. The van der Waals surface area contributed by atoms with E-state index in [1.165, 1.54) is 10.7 Å². The van der Waals surface area contributed by atoms with Gasteiger partial charge in [0.2, 0.25) is 5.95 Å². The van der Waals surface area contributed by atoms with Crippen LogP contribution in [-0.2, 0) is 0 Å². The van der Waals surface area contributed by atoms with Gasteiger partial charge in [0.05, 0.1) is 11.3 Å². The zero-order valence-electron chi connectivity index (χ0n) is 16.2. The van der Waals surface area contributed by atoms with E-state index in [0.717, 1.165) is 5.56 Å². The molecule has 0 atom stereocenters. The van der Waals surface area contributed by atoms with Crippen molar-refractivity contribution >= 4 is 11.7 Å². The molecule has 1 aromatic carbocycles. The maximum Gasteiger partial charge on any atom is 0.260 e. The largest absolute Gasteiger partial charge is 0.466 e. The topological polar surface area (TPSA) is 106 Å². The van der Waals surface area contributed by atoms with Gasteiger partial charge in [-0.15, -0.1) is 0 Å². The van der Waals surface area contributed by atoms with E-state index in [1.54, 1.807) is 32.9 Å². The van der Waals surface area contributed by atoms with Gasteiger partial charge in [-0.25, -0.2) is 4.98 Å². The van der Waals surface area contributed by atoms with Crippen LogP contribution in [0.1, 0.15) is 27.6 Å². The monoisotopic (exact) mass is 389 g/mol. The van der Waals surface area contributed by atoms with Crippen molar-refractivity contribution in [3.63, 3.8) is 0 Å². The molecule has 3 heterocycles. The highest BCUT2D eigenvalue weighted by Crippen LogP contribution is 2.24. The first-order chi connectivity index (χ1) is 13.9. The molecule has 0 bridgehead atoms. The molecule has 0 aliphatic rings. The summed E-state index contributed by atoms with van der Waals surface area (Å²) >= 11 is 0. The maximum atomic E-state index is 12.8. The Morgan fingerprint density at radius 1 is 1.10 bits per heavy atom. The molecule has 0 saturated carbocycles. The third-order valence-electron chi connectivity index (χ3n) is 4.36. The third kappa shape index (κ3) is 3.73. The highest BCUT2D eigenvalue weighted by Gasteiger charge is 2.19. The Kier molecular flexibility index (Phi) is 4.59. The molecular formula is C21H19N5O3. The van der Waals surface area contributed by atoms with E-state index in [1.807, 2.05) is 30.3 Å². The predicted octanol–water partition coefficient (Wildman–Crippen LogP) is 3.39. The first-order valence-corrected chi connectivity index (χ1v) is 9.03. The van der Waals surface area contributed by atoms with Gasteiger partial charge < -0.3 is 9.73 Å². The number of hydrogen-bond donors (Lipinski definition) is 2. The van der Waals surface area contributed by atoms with Gasteiger partial charge in [-0.05, 0) is 26.8 Å². The van der Waals surface area contributed by atoms with Gasteiger partial charge in [0.1, 0.15) is 17.3 Å². The van der Waals surface area contributed by atoms with Crippen LogP contribution in [0.5, 0.6) is 0 Å². The quantitative estimate of drug-likeness (QED) is 0.556. The maximum absolute atomic E-state index is 12.8. The van der Waals surface area contributed by atoms with Gasteiger partial charge in [-0.1, -0.05) is 30.3 Å². The van der Waals surface area contributed by atoms with Crippen LogP contribution in [0.2, 0.25) is 0 Å². The van der Waals surface area contributed by atoms with Crippen LogP contribution >= 0.6 is 0 Å². The second-order valence-electron chi connectivity index (χ2n) is 6.68. The molecule has 8 nitrogen and oxygen atoms in total. The summed E-state index contributed by atoms with van der Waals surface area (Å²) in [6.45, 7) is 5.23. The van der Waals surface area contributed by atoms with Crippen LogP contribution in [0.4, 0.5) is 5.82 Å². The number of benzene rings is 1. The minimum atomic E-state index is -0.338. The van der Waals surface area contributed by atoms with Crippen molar-refractivity contribution in [3.05, 3.63) is 81.7 Å². The molecule has 0 saturated heterocycles. The van der Waals surface area contributed by atoms with E-state index in [-0.39, 0.29) is 17.4 Å². The first kappa shape index (κ1) is 18.4. The highest BCUT2D eigenvalue weighted by atomic mass is 16.3. The van der Waals surface area contributed by atoms with Crippen LogP contribution in [0.3, 0.4) is 0 Å². The van der Waals surface area contributed by atoms with Crippen molar-refractivity contribution in [2.45, 2.75) is 20.8 Å². The number of nitrogens with one attached hydrogen (secondary N) is 2. The Hall–Kier alpha value is -3.94. The standard InChI is InChI=1S/C21H19N5O3/c1-12-9-19(27)24-21(22-12)26-18(11-17(25-26)15-7-5-4-6-8-15)23-20(28)16-10-13(2)29-14(16)3/h4-11H,1-3H3,(H,23,28)(H,22,24,27). The van der Waals surface area contributed by atoms with Crippen molar-refractivity contribution in [1.29, 1.82) is 0 Å². The van der Waals surface area contributed by atoms with Crippen molar-refractivity contribution < 1.29 is 9.21 Å². The number of rotatable bonds is 4. The molecule has 3 aromatic heterocycles. The van der Waals surface area contributed by atoms with E-state index >= 15 is 0 Å². The molecule has 0 fully saturated rings. The number of aryl methyl sites for hydroxylation is 3. The summed E-state index contributed by atoms with van der Waals surface area (Å²) in [7, 11) is 0. The molecular weight excluding hydrogens is 370 g/mol. The van der Waals surface area contributed by atoms with Crippen molar-refractivity contribution in [2.75, 3.05) is 5.32 Å². The normalized spacial score (nSPS) is 10.9.